The fourth-order valence-corrected chi connectivity index (χ4v) is 3.41. The second-order valence-electron chi connectivity index (χ2n) is 6.35. The smallest absolute Gasteiger partial charge is 0.272 e. The number of carbonyl (C=O) groups is 1. The average Bonchev–Trinajstić information content (AvgIpc) is 2.80. The molecule has 1 atom stereocenters. The van der Waals surface area contributed by atoms with E-state index in [2.05, 4.69) is 24.0 Å². The zero-order chi connectivity index (χ0) is 16.4. The molecule has 0 aliphatic carbocycles. The van der Waals surface area contributed by atoms with Gasteiger partial charge in [-0.3, -0.25) is 4.79 Å². The zero-order valence-electron chi connectivity index (χ0n) is 13.6. The molecule has 1 amide bonds. The first-order valence-electron chi connectivity index (χ1n) is 8.07. The van der Waals surface area contributed by atoms with E-state index in [-0.39, 0.29) is 5.91 Å². The second-order valence-corrected chi connectivity index (χ2v) is 6.76. The van der Waals surface area contributed by atoms with Gasteiger partial charge in [0.2, 0.25) is 0 Å². The van der Waals surface area contributed by atoms with E-state index in [1.807, 2.05) is 23.1 Å². The molecule has 0 bridgehead atoms. The Morgan fingerprint density at radius 1 is 1.22 bits per heavy atom. The van der Waals surface area contributed by atoms with Gasteiger partial charge in [-0.2, -0.15) is 0 Å². The van der Waals surface area contributed by atoms with Gasteiger partial charge in [-0.15, -0.1) is 0 Å². The molecule has 1 fully saturated rings. The fraction of sp³-hybridized carbons (Fsp3) is 0.444. The Hall–Kier alpha value is -1.65. The highest BCUT2D eigenvalue weighted by Crippen LogP contribution is 2.22. The minimum absolute atomic E-state index is 0.00576. The SMILES string of the molecule is CN(C)[C@H]1CCCN(C(=O)c2ccc3cccc(Cl)c3n2)CC1. The van der Waals surface area contributed by atoms with Crippen molar-refractivity contribution in [2.24, 2.45) is 0 Å². The molecule has 1 aromatic carbocycles. The fourth-order valence-electron chi connectivity index (χ4n) is 3.19. The number of pyridine rings is 1. The molecule has 2 heterocycles. The predicted octanol–water partition coefficient (Wildman–Crippen LogP) is 3.44. The monoisotopic (exact) mass is 331 g/mol. The van der Waals surface area contributed by atoms with Crippen molar-refractivity contribution >= 4 is 28.4 Å². The van der Waals surface area contributed by atoms with Crippen molar-refractivity contribution in [1.29, 1.82) is 0 Å². The van der Waals surface area contributed by atoms with Gasteiger partial charge >= 0.3 is 0 Å². The Morgan fingerprint density at radius 2 is 2.04 bits per heavy atom. The Balaban J connectivity index is 1.81. The van der Waals surface area contributed by atoms with Gasteiger partial charge in [0.05, 0.1) is 10.5 Å². The molecule has 1 aliphatic heterocycles. The molecule has 1 aromatic heterocycles. The normalized spacial score (nSPS) is 19.1. The quantitative estimate of drug-likeness (QED) is 0.845. The van der Waals surface area contributed by atoms with Gasteiger partial charge in [0.1, 0.15) is 5.69 Å². The first-order chi connectivity index (χ1) is 11.1. The molecule has 3 rings (SSSR count). The third-order valence-corrected chi connectivity index (χ3v) is 4.91. The van der Waals surface area contributed by atoms with Gasteiger partial charge in [0, 0.05) is 24.5 Å². The van der Waals surface area contributed by atoms with E-state index in [0.29, 0.717) is 22.3 Å². The maximum absolute atomic E-state index is 12.8. The standard InChI is InChI=1S/C18H22ClN3O/c1-21(2)14-6-4-11-22(12-10-14)18(23)16-9-8-13-5-3-7-15(19)17(13)20-16/h3,5,7-9,14H,4,6,10-12H2,1-2H3/t14-/m0/s1. The van der Waals surface area contributed by atoms with Crippen LogP contribution >= 0.6 is 11.6 Å². The minimum atomic E-state index is 0.00576. The lowest BCUT2D eigenvalue weighted by molar-refractivity contribution is 0.0753. The highest BCUT2D eigenvalue weighted by Gasteiger charge is 2.23. The van der Waals surface area contributed by atoms with Crippen LogP contribution in [0.3, 0.4) is 0 Å². The predicted molar refractivity (Wildman–Crippen MR) is 94.0 cm³/mol. The van der Waals surface area contributed by atoms with Crippen LogP contribution in [0, 0.1) is 0 Å². The van der Waals surface area contributed by atoms with Gasteiger partial charge in [-0.25, -0.2) is 4.98 Å². The maximum Gasteiger partial charge on any atom is 0.272 e. The minimum Gasteiger partial charge on any atom is -0.337 e. The molecule has 0 saturated carbocycles. The highest BCUT2D eigenvalue weighted by molar-refractivity contribution is 6.35. The lowest BCUT2D eigenvalue weighted by Crippen LogP contribution is -2.34. The largest absolute Gasteiger partial charge is 0.337 e. The number of carbonyl (C=O) groups excluding carboxylic acids is 1. The van der Waals surface area contributed by atoms with Crippen molar-refractivity contribution < 1.29 is 4.79 Å². The molecular weight excluding hydrogens is 310 g/mol. The van der Waals surface area contributed by atoms with Crippen LogP contribution in [-0.4, -0.2) is 53.9 Å². The average molecular weight is 332 g/mol. The molecule has 2 aromatic rings. The summed E-state index contributed by atoms with van der Waals surface area (Å²) in [6.07, 6.45) is 3.17. The summed E-state index contributed by atoms with van der Waals surface area (Å²) in [5.74, 6) is 0.00576. The van der Waals surface area contributed by atoms with Crippen LogP contribution in [0.15, 0.2) is 30.3 Å². The first kappa shape index (κ1) is 16.2. The topological polar surface area (TPSA) is 36.4 Å². The highest BCUT2D eigenvalue weighted by atomic mass is 35.5. The van der Waals surface area contributed by atoms with Gasteiger partial charge in [0.25, 0.3) is 5.91 Å². The third kappa shape index (κ3) is 3.48. The third-order valence-electron chi connectivity index (χ3n) is 4.61. The summed E-state index contributed by atoms with van der Waals surface area (Å²) in [6.45, 7) is 1.58. The van der Waals surface area contributed by atoms with Crippen LogP contribution in [0.4, 0.5) is 0 Å². The van der Waals surface area contributed by atoms with E-state index in [4.69, 9.17) is 11.6 Å². The van der Waals surface area contributed by atoms with E-state index in [0.717, 1.165) is 37.7 Å². The molecule has 1 aliphatic rings. The van der Waals surface area contributed by atoms with E-state index in [1.165, 1.54) is 0 Å². The van der Waals surface area contributed by atoms with Crippen LogP contribution in [-0.2, 0) is 0 Å². The second kappa shape index (κ2) is 6.85. The Kier molecular flexibility index (Phi) is 4.83. The Morgan fingerprint density at radius 3 is 2.83 bits per heavy atom. The summed E-state index contributed by atoms with van der Waals surface area (Å²) in [6, 6.07) is 9.92. The molecular formula is C18H22ClN3O. The van der Waals surface area contributed by atoms with Crippen molar-refractivity contribution in [2.45, 2.75) is 25.3 Å². The number of fused-ring (bicyclic) bond motifs is 1. The van der Waals surface area contributed by atoms with Gasteiger partial charge in [-0.05, 0) is 45.5 Å². The van der Waals surface area contributed by atoms with Crippen molar-refractivity contribution in [1.82, 2.24) is 14.8 Å². The van der Waals surface area contributed by atoms with Crippen molar-refractivity contribution in [3.05, 3.63) is 41.0 Å². The maximum atomic E-state index is 12.8. The van der Waals surface area contributed by atoms with Crippen LogP contribution in [0.5, 0.6) is 0 Å². The van der Waals surface area contributed by atoms with Crippen molar-refractivity contribution in [2.75, 3.05) is 27.2 Å². The van der Waals surface area contributed by atoms with E-state index >= 15 is 0 Å². The summed E-state index contributed by atoms with van der Waals surface area (Å²) in [7, 11) is 4.21. The number of hydrogen-bond donors (Lipinski definition) is 0. The summed E-state index contributed by atoms with van der Waals surface area (Å²) in [5.41, 5.74) is 1.18. The Bertz CT molecular complexity index is 716. The molecule has 122 valence electrons. The number of aromatic nitrogens is 1. The van der Waals surface area contributed by atoms with Gasteiger partial charge < -0.3 is 9.80 Å². The number of halogens is 1. The van der Waals surface area contributed by atoms with Crippen LogP contribution in [0.1, 0.15) is 29.8 Å². The molecule has 0 N–H and O–H groups in total. The molecule has 0 unspecified atom stereocenters. The van der Waals surface area contributed by atoms with Gasteiger partial charge in [0.15, 0.2) is 0 Å². The number of rotatable bonds is 2. The molecule has 0 spiro atoms. The summed E-state index contributed by atoms with van der Waals surface area (Å²) >= 11 is 6.21. The molecule has 5 heteroatoms. The van der Waals surface area contributed by atoms with Crippen LogP contribution in [0.25, 0.3) is 10.9 Å². The van der Waals surface area contributed by atoms with Crippen LogP contribution < -0.4 is 0 Å². The number of amides is 1. The number of benzene rings is 1. The van der Waals surface area contributed by atoms with E-state index in [9.17, 15) is 4.79 Å². The number of nitrogens with zero attached hydrogens (tertiary/aromatic N) is 3. The lowest BCUT2D eigenvalue weighted by Gasteiger charge is -2.23. The molecule has 1 saturated heterocycles. The lowest BCUT2D eigenvalue weighted by atomic mass is 10.1. The van der Waals surface area contributed by atoms with E-state index in [1.54, 1.807) is 12.1 Å². The number of likely N-dealkylation sites (tertiary alicyclic amines) is 1. The zero-order valence-corrected chi connectivity index (χ0v) is 14.4. The molecule has 0 radical (unpaired) electrons. The summed E-state index contributed by atoms with van der Waals surface area (Å²) in [5, 5.41) is 1.54. The van der Waals surface area contributed by atoms with Crippen molar-refractivity contribution in [3.8, 4) is 0 Å². The van der Waals surface area contributed by atoms with Crippen molar-refractivity contribution in [3.63, 3.8) is 0 Å². The molecule has 4 nitrogen and oxygen atoms in total. The van der Waals surface area contributed by atoms with E-state index < -0.39 is 0 Å². The molecule has 23 heavy (non-hydrogen) atoms. The van der Waals surface area contributed by atoms with Gasteiger partial charge in [-0.1, -0.05) is 29.8 Å². The summed E-state index contributed by atoms with van der Waals surface area (Å²) < 4.78 is 0. The Labute approximate surface area is 142 Å². The number of para-hydroxylation sites is 1. The first-order valence-corrected chi connectivity index (χ1v) is 8.45. The van der Waals surface area contributed by atoms with Crippen LogP contribution in [0.2, 0.25) is 5.02 Å². The summed E-state index contributed by atoms with van der Waals surface area (Å²) in [4.78, 5) is 21.5. The number of hydrogen-bond acceptors (Lipinski definition) is 3.